The van der Waals surface area contributed by atoms with Crippen LogP contribution in [0.2, 0.25) is 0 Å². The lowest BCUT2D eigenvalue weighted by atomic mass is 9.99. The lowest BCUT2D eigenvalue weighted by Crippen LogP contribution is -2.25. The molecule has 0 saturated heterocycles. The second-order valence-electron chi connectivity index (χ2n) is 5.77. The maximum atomic E-state index is 10.0. The van der Waals surface area contributed by atoms with Crippen molar-refractivity contribution in [2.24, 2.45) is 0 Å². The molecule has 0 fully saturated rings. The standard InChI is InChI=1S/C19H24O6/c1-19(21,11-20)9-8-12-10-15(24-4)16-13(22-2)6-7-14(23-3)17(16)18(12)25-5/h6-10,20-21H,11H2,1-5H3/b9-8+. The summed E-state index contributed by atoms with van der Waals surface area (Å²) in [5.74, 6) is 2.37. The van der Waals surface area contributed by atoms with Crippen molar-refractivity contribution in [3.8, 4) is 23.0 Å². The Morgan fingerprint density at radius 1 is 0.920 bits per heavy atom. The highest BCUT2D eigenvalue weighted by atomic mass is 16.5. The maximum Gasteiger partial charge on any atom is 0.138 e. The number of aliphatic hydroxyl groups excluding tert-OH is 1. The zero-order chi connectivity index (χ0) is 18.6. The van der Waals surface area contributed by atoms with Crippen LogP contribution in [0.3, 0.4) is 0 Å². The topological polar surface area (TPSA) is 77.4 Å². The SMILES string of the molecule is COc1ccc(OC)c2c(OC)c(/C=C/C(C)(O)CO)cc(OC)c12. The summed E-state index contributed by atoms with van der Waals surface area (Å²) in [6.07, 6.45) is 3.18. The third-order valence-corrected chi connectivity index (χ3v) is 3.96. The monoisotopic (exact) mass is 348 g/mol. The molecule has 25 heavy (non-hydrogen) atoms. The van der Waals surface area contributed by atoms with E-state index >= 15 is 0 Å². The van der Waals surface area contributed by atoms with Gasteiger partial charge in [0.15, 0.2) is 0 Å². The van der Waals surface area contributed by atoms with Crippen LogP contribution in [0.1, 0.15) is 12.5 Å². The first-order valence-corrected chi connectivity index (χ1v) is 7.74. The van der Waals surface area contributed by atoms with E-state index in [9.17, 15) is 10.2 Å². The van der Waals surface area contributed by atoms with Crippen molar-refractivity contribution in [2.45, 2.75) is 12.5 Å². The molecule has 0 saturated carbocycles. The minimum absolute atomic E-state index is 0.395. The van der Waals surface area contributed by atoms with Crippen molar-refractivity contribution >= 4 is 16.8 Å². The van der Waals surface area contributed by atoms with Crippen LogP contribution in [0.4, 0.5) is 0 Å². The van der Waals surface area contributed by atoms with Crippen molar-refractivity contribution in [1.82, 2.24) is 0 Å². The molecule has 2 aromatic carbocycles. The van der Waals surface area contributed by atoms with E-state index in [0.29, 0.717) is 33.9 Å². The van der Waals surface area contributed by atoms with Crippen molar-refractivity contribution in [1.29, 1.82) is 0 Å². The van der Waals surface area contributed by atoms with Crippen LogP contribution in [0, 0.1) is 0 Å². The molecule has 0 aliphatic rings. The summed E-state index contributed by atoms with van der Waals surface area (Å²) in [4.78, 5) is 0. The molecule has 0 aliphatic carbocycles. The summed E-state index contributed by atoms with van der Waals surface area (Å²) >= 11 is 0. The summed E-state index contributed by atoms with van der Waals surface area (Å²) in [5.41, 5.74) is -0.668. The molecule has 0 amide bonds. The molecule has 2 rings (SSSR count). The average molecular weight is 348 g/mol. The van der Waals surface area contributed by atoms with Gasteiger partial charge in [-0.2, -0.15) is 0 Å². The summed E-state index contributed by atoms with van der Waals surface area (Å²) in [6, 6.07) is 5.38. The third-order valence-electron chi connectivity index (χ3n) is 3.96. The molecule has 6 heteroatoms. The van der Waals surface area contributed by atoms with Gasteiger partial charge in [0.1, 0.15) is 28.6 Å². The number of hydrogen-bond acceptors (Lipinski definition) is 6. The van der Waals surface area contributed by atoms with Crippen LogP contribution in [-0.2, 0) is 0 Å². The number of hydrogen-bond donors (Lipinski definition) is 2. The minimum Gasteiger partial charge on any atom is -0.496 e. The minimum atomic E-state index is -1.34. The van der Waals surface area contributed by atoms with E-state index in [4.69, 9.17) is 18.9 Å². The first-order valence-electron chi connectivity index (χ1n) is 7.74. The van der Waals surface area contributed by atoms with Crippen molar-refractivity contribution in [2.75, 3.05) is 35.0 Å². The van der Waals surface area contributed by atoms with E-state index in [1.807, 2.05) is 0 Å². The van der Waals surface area contributed by atoms with Crippen LogP contribution < -0.4 is 18.9 Å². The summed E-state index contributed by atoms with van der Waals surface area (Å²) < 4.78 is 22.1. The molecule has 1 unspecified atom stereocenters. The van der Waals surface area contributed by atoms with E-state index < -0.39 is 12.2 Å². The van der Waals surface area contributed by atoms with Crippen LogP contribution in [0.5, 0.6) is 23.0 Å². The van der Waals surface area contributed by atoms with E-state index in [-0.39, 0.29) is 0 Å². The number of benzene rings is 2. The fourth-order valence-electron chi connectivity index (χ4n) is 2.62. The molecule has 0 aromatic heterocycles. The van der Waals surface area contributed by atoms with Crippen LogP contribution in [-0.4, -0.2) is 50.9 Å². The highest BCUT2D eigenvalue weighted by Gasteiger charge is 2.21. The Morgan fingerprint density at radius 2 is 1.48 bits per heavy atom. The Labute approximate surface area is 147 Å². The predicted molar refractivity (Wildman–Crippen MR) is 96.9 cm³/mol. The summed E-state index contributed by atoms with van der Waals surface area (Å²) in [6.45, 7) is 1.12. The van der Waals surface area contributed by atoms with Crippen LogP contribution in [0.15, 0.2) is 24.3 Å². The van der Waals surface area contributed by atoms with Crippen LogP contribution >= 0.6 is 0 Å². The van der Waals surface area contributed by atoms with E-state index in [1.165, 1.54) is 13.0 Å². The largest absolute Gasteiger partial charge is 0.496 e. The number of fused-ring (bicyclic) bond motifs is 1. The molecule has 0 radical (unpaired) electrons. The zero-order valence-corrected chi connectivity index (χ0v) is 15.1. The molecule has 2 N–H and O–H groups in total. The van der Waals surface area contributed by atoms with Gasteiger partial charge in [-0.1, -0.05) is 12.2 Å². The van der Waals surface area contributed by atoms with Gasteiger partial charge in [-0.3, -0.25) is 0 Å². The molecule has 2 aromatic rings. The summed E-state index contributed by atoms with van der Waals surface area (Å²) in [5, 5.41) is 20.7. The second kappa shape index (κ2) is 7.63. The first-order chi connectivity index (χ1) is 11.9. The molecular weight excluding hydrogens is 324 g/mol. The van der Waals surface area contributed by atoms with Crippen molar-refractivity contribution < 1.29 is 29.2 Å². The number of ether oxygens (including phenoxy) is 4. The fraction of sp³-hybridized carbons (Fsp3) is 0.368. The number of methoxy groups -OCH3 is 4. The number of aliphatic hydroxyl groups is 2. The van der Waals surface area contributed by atoms with E-state index in [1.54, 1.807) is 52.7 Å². The van der Waals surface area contributed by atoms with E-state index in [2.05, 4.69) is 0 Å². The third kappa shape index (κ3) is 3.65. The van der Waals surface area contributed by atoms with Gasteiger partial charge in [-0.05, 0) is 25.1 Å². The normalized spacial score (nSPS) is 13.7. The highest BCUT2D eigenvalue weighted by molar-refractivity contribution is 6.04. The van der Waals surface area contributed by atoms with Gasteiger partial charge < -0.3 is 29.2 Å². The molecule has 0 bridgehead atoms. The molecule has 6 nitrogen and oxygen atoms in total. The molecular formula is C19H24O6. The summed E-state index contributed by atoms with van der Waals surface area (Å²) in [7, 11) is 6.28. The zero-order valence-electron chi connectivity index (χ0n) is 15.1. The average Bonchev–Trinajstić information content (AvgIpc) is 2.64. The lowest BCUT2D eigenvalue weighted by Gasteiger charge is -2.19. The highest BCUT2D eigenvalue weighted by Crippen LogP contribution is 2.46. The van der Waals surface area contributed by atoms with Crippen molar-refractivity contribution in [3.05, 3.63) is 29.8 Å². The Hall–Kier alpha value is -2.44. The molecule has 0 heterocycles. The quantitative estimate of drug-likeness (QED) is 0.801. The molecule has 1 atom stereocenters. The van der Waals surface area contributed by atoms with Gasteiger partial charge in [0.2, 0.25) is 0 Å². The first kappa shape index (κ1) is 18.9. The van der Waals surface area contributed by atoms with Crippen LogP contribution in [0.25, 0.3) is 16.8 Å². The lowest BCUT2D eigenvalue weighted by molar-refractivity contribution is 0.0442. The molecule has 0 aliphatic heterocycles. The Kier molecular flexibility index (Phi) is 5.77. The van der Waals surface area contributed by atoms with Gasteiger partial charge in [-0.25, -0.2) is 0 Å². The smallest absolute Gasteiger partial charge is 0.138 e. The predicted octanol–water partition coefficient (Wildman–Crippen LogP) is 2.63. The second-order valence-corrected chi connectivity index (χ2v) is 5.77. The number of rotatable bonds is 7. The maximum absolute atomic E-state index is 10.0. The van der Waals surface area contributed by atoms with Gasteiger partial charge >= 0.3 is 0 Å². The Balaban J connectivity index is 2.85. The van der Waals surface area contributed by atoms with E-state index in [0.717, 1.165) is 5.39 Å². The van der Waals surface area contributed by atoms with Crippen molar-refractivity contribution in [3.63, 3.8) is 0 Å². The molecule has 0 spiro atoms. The molecule has 136 valence electrons. The fourth-order valence-corrected chi connectivity index (χ4v) is 2.62. The van der Waals surface area contributed by atoms with Gasteiger partial charge in [-0.15, -0.1) is 0 Å². The Morgan fingerprint density at radius 3 is 1.96 bits per heavy atom. The Bertz CT molecular complexity index is 779. The van der Waals surface area contributed by atoms with Gasteiger partial charge in [0.25, 0.3) is 0 Å². The van der Waals surface area contributed by atoms with Gasteiger partial charge in [0, 0.05) is 5.56 Å². The van der Waals surface area contributed by atoms with Gasteiger partial charge in [0.05, 0.1) is 45.8 Å².